The van der Waals surface area contributed by atoms with Crippen molar-refractivity contribution in [3.8, 4) is 5.75 Å². The lowest BCUT2D eigenvalue weighted by molar-refractivity contribution is -0.387. The van der Waals surface area contributed by atoms with Crippen LogP contribution in [0.2, 0.25) is 0 Å². The third-order valence-corrected chi connectivity index (χ3v) is 3.27. The highest BCUT2D eigenvalue weighted by Gasteiger charge is 2.31. The van der Waals surface area contributed by atoms with E-state index in [0.29, 0.717) is 12.1 Å². The van der Waals surface area contributed by atoms with E-state index in [4.69, 9.17) is 4.74 Å². The van der Waals surface area contributed by atoms with Crippen molar-refractivity contribution >= 4 is 5.69 Å². The summed E-state index contributed by atoms with van der Waals surface area (Å²) >= 11 is 0. The number of nitro groups is 1. The number of halogens is 2. The van der Waals surface area contributed by atoms with Crippen LogP contribution in [-0.2, 0) is 0 Å². The topological polar surface area (TPSA) is 64.4 Å². The van der Waals surface area contributed by atoms with Crippen molar-refractivity contribution in [2.75, 3.05) is 6.54 Å². The van der Waals surface area contributed by atoms with Gasteiger partial charge in [0.05, 0.1) is 11.0 Å². The summed E-state index contributed by atoms with van der Waals surface area (Å²) in [5.74, 6) is -2.28. The molecule has 1 aromatic carbocycles. The van der Waals surface area contributed by atoms with Crippen LogP contribution in [0.5, 0.6) is 5.75 Å². The summed E-state index contributed by atoms with van der Waals surface area (Å²) in [7, 11) is 0. The van der Waals surface area contributed by atoms with Crippen LogP contribution >= 0.6 is 0 Å². The van der Waals surface area contributed by atoms with Gasteiger partial charge in [0.25, 0.3) is 0 Å². The second-order valence-corrected chi connectivity index (χ2v) is 4.85. The molecule has 1 N–H and O–H groups in total. The van der Waals surface area contributed by atoms with E-state index >= 15 is 0 Å². The molecule has 1 fully saturated rings. The molecule has 0 amide bonds. The van der Waals surface area contributed by atoms with Crippen molar-refractivity contribution < 1.29 is 18.4 Å². The van der Waals surface area contributed by atoms with Crippen LogP contribution < -0.4 is 10.1 Å². The van der Waals surface area contributed by atoms with E-state index in [2.05, 4.69) is 12.2 Å². The van der Waals surface area contributed by atoms with Crippen LogP contribution in [0.15, 0.2) is 12.1 Å². The number of hydrogen-bond acceptors (Lipinski definition) is 4. The van der Waals surface area contributed by atoms with E-state index in [1.165, 1.54) is 0 Å². The summed E-state index contributed by atoms with van der Waals surface area (Å²) in [6.45, 7) is 2.98. The number of nitrogens with zero attached hydrogens (tertiary/aromatic N) is 1. The minimum atomic E-state index is -1.09. The molecule has 0 heterocycles. The Morgan fingerprint density at radius 2 is 2.10 bits per heavy atom. The summed E-state index contributed by atoms with van der Waals surface area (Å²) in [5, 5.41) is 13.8. The predicted octanol–water partition coefficient (Wildman–Crippen LogP) is 2.78. The zero-order valence-corrected chi connectivity index (χ0v) is 11.1. The fourth-order valence-electron chi connectivity index (χ4n) is 2.10. The van der Waals surface area contributed by atoms with Crippen LogP contribution in [0.4, 0.5) is 14.5 Å². The van der Waals surface area contributed by atoms with Gasteiger partial charge in [-0.3, -0.25) is 10.1 Å². The number of nitro benzene ring substituents is 1. The average Bonchev–Trinajstić information content (AvgIpc) is 2.35. The molecule has 1 aromatic rings. The second-order valence-electron chi connectivity index (χ2n) is 4.85. The van der Waals surface area contributed by atoms with E-state index < -0.39 is 22.2 Å². The monoisotopic (exact) mass is 286 g/mol. The number of ether oxygens (including phenoxy) is 1. The molecule has 0 radical (unpaired) electrons. The van der Waals surface area contributed by atoms with Gasteiger partial charge in [-0.05, 0) is 25.8 Å². The summed E-state index contributed by atoms with van der Waals surface area (Å²) in [6, 6.07) is 1.63. The van der Waals surface area contributed by atoms with Crippen molar-refractivity contribution in [2.24, 2.45) is 0 Å². The molecule has 5 nitrogen and oxygen atoms in total. The lowest BCUT2D eigenvalue weighted by Crippen LogP contribution is -2.47. The molecular weight excluding hydrogens is 270 g/mol. The first-order chi connectivity index (χ1) is 9.51. The SMILES string of the molecule is CCCNC1CC(Oc2cc(F)c([N+](=O)[O-])cc2F)C1. The first-order valence-corrected chi connectivity index (χ1v) is 6.54. The Bertz CT molecular complexity index is 505. The lowest BCUT2D eigenvalue weighted by atomic mass is 9.89. The molecule has 0 bridgehead atoms. The highest BCUT2D eigenvalue weighted by atomic mass is 19.1. The molecule has 1 aliphatic carbocycles. The van der Waals surface area contributed by atoms with E-state index in [-0.39, 0.29) is 11.9 Å². The van der Waals surface area contributed by atoms with Gasteiger partial charge in [-0.1, -0.05) is 6.92 Å². The maximum atomic E-state index is 13.6. The number of hydrogen-bond donors (Lipinski definition) is 1. The van der Waals surface area contributed by atoms with Crippen LogP contribution in [0.3, 0.4) is 0 Å². The van der Waals surface area contributed by atoms with Gasteiger partial charge < -0.3 is 10.1 Å². The highest BCUT2D eigenvalue weighted by molar-refractivity contribution is 5.39. The first-order valence-electron chi connectivity index (χ1n) is 6.54. The molecule has 0 saturated heterocycles. The highest BCUT2D eigenvalue weighted by Crippen LogP contribution is 2.31. The summed E-state index contributed by atoms with van der Waals surface area (Å²) in [4.78, 5) is 9.51. The standard InChI is InChI=1S/C13H16F2N2O3/c1-2-3-16-8-4-9(5-8)20-13-7-10(14)12(17(18)19)6-11(13)15/h6-9,16H,2-5H2,1H3. The average molecular weight is 286 g/mol. The Labute approximate surface area is 115 Å². The Kier molecular flexibility index (Phi) is 4.49. The Balaban J connectivity index is 1.95. The third kappa shape index (κ3) is 3.22. The third-order valence-electron chi connectivity index (χ3n) is 3.27. The van der Waals surface area contributed by atoms with E-state index in [0.717, 1.165) is 31.9 Å². The normalized spacial score (nSPS) is 21.4. The zero-order chi connectivity index (χ0) is 14.7. The van der Waals surface area contributed by atoms with Crippen molar-refractivity contribution in [1.82, 2.24) is 5.32 Å². The first kappa shape index (κ1) is 14.6. The van der Waals surface area contributed by atoms with Gasteiger partial charge in [0.15, 0.2) is 11.6 Å². The maximum Gasteiger partial charge on any atom is 0.307 e. The largest absolute Gasteiger partial charge is 0.487 e. The molecule has 110 valence electrons. The Morgan fingerprint density at radius 3 is 2.70 bits per heavy atom. The molecule has 0 aliphatic heterocycles. The molecule has 1 aliphatic rings. The Morgan fingerprint density at radius 1 is 1.40 bits per heavy atom. The van der Waals surface area contributed by atoms with Crippen molar-refractivity contribution in [1.29, 1.82) is 0 Å². The van der Waals surface area contributed by atoms with E-state index in [1.54, 1.807) is 0 Å². The van der Waals surface area contributed by atoms with Crippen molar-refractivity contribution in [3.05, 3.63) is 33.9 Å². The van der Waals surface area contributed by atoms with Gasteiger partial charge in [-0.25, -0.2) is 4.39 Å². The van der Waals surface area contributed by atoms with Crippen molar-refractivity contribution in [3.63, 3.8) is 0 Å². The lowest BCUT2D eigenvalue weighted by Gasteiger charge is -2.36. The van der Waals surface area contributed by atoms with Crippen LogP contribution in [0, 0.1) is 21.7 Å². The van der Waals surface area contributed by atoms with Crippen LogP contribution in [-0.4, -0.2) is 23.6 Å². The fourth-order valence-corrected chi connectivity index (χ4v) is 2.10. The Hall–Kier alpha value is -1.76. The molecule has 1 saturated carbocycles. The van der Waals surface area contributed by atoms with E-state index in [9.17, 15) is 18.9 Å². The molecule has 0 atom stereocenters. The van der Waals surface area contributed by atoms with Gasteiger partial charge in [0.2, 0.25) is 5.82 Å². The molecule has 7 heteroatoms. The van der Waals surface area contributed by atoms with Gasteiger partial charge in [0.1, 0.15) is 6.10 Å². The molecule has 2 rings (SSSR count). The fraction of sp³-hybridized carbons (Fsp3) is 0.538. The van der Waals surface area contributed by atoms with Gasteiger partial charge >= 0.3 is 5.69 Å². The zero-order valence-electron chi connectivity index (χ0n) is 11.1. The predicted molar refractivity (Wildman–Crippen MR) is 68.7 cm³/mol. The smallest absolute Gasteiger partial charge is 0.307 e. The number of rotatable bonds is 6. The maximum absolute atomic E-state index is 13.6. The molecular formula is C13H16F2N2O3. The summed E-state index contributed by atoms with van der Waals surface area (Å²) in [6.07, 6.45) is 2.29. The molecule has 0 spiro atoms. The van der Waals surface area contributed by atoms with Gasteiger partial charge in [-0.2, -0.15) is 4.39 Å². The molecule has 0 unspecified atom stereocenters. The van der Waals surface area contributed by atoms with Gasteiger partial charge in [0, 0.05) is 12.1 Å². The quantitative estimate of drug-likeness (QED) is 0.645. The summed E-state index contributed by atoms with van der Waals surface area (Å²) in [5.41, 5.74) is -0.883. The minimum Gasteiger partial charge on any atom is -0.487 e. The van der Waals surface area contributed by atoms with Gasteiger partial charge in [-0.15, -0.1) is 0 Å². The minimum absolute atomic E-state index is 0.181. The number of benzene rings is 1. The van der Waals surface area contributed by atoms with Crippen molar-refractivity contribution in [2.45, 2.75) is 38.3 Å². The summed E-state index contributed by atoms with van der Waals surface area (Å²) < 4.78 is 32.3. The second kappa shape index (κ2) is 6.13. The molecule has 20 heavy (non-hydrogen) atoms. The van der Waals surface area contributed by atoms with E-state index in [1.807, 2.05) is 0 Å². The molecule has 0 aromatic heterocycles. The number of nitrogens with one attached hydrogen (secondary N) is 1. The van der Waals surface area contributed by atoms with Crippen LogP contribution in [0.1, 0.15) is 26.2 Å². The van der Waals surface area contributed by atoms with Crippen LogP contribution in [0.25, 0.3) is 0 Å².